The molecule has 20 heavy (non-hydrogen) atoms. The van der Waals surface area contributed by atoms with Crippen LogP contribution >= 0.6 is 15.9 Å². The first kappa shape index (κ1) is 15.1. The van der Waals surface area contributed by atoms with Crippen molar-refractivity contribution in [1.29, 1.82) is 0 Å². The fourth-order valence-electron chi connectivity index (χ4n) is 2.16. The summed E-state index contributed by atoms with van der Waals surface area (Å²) < 4.78 is 6.75. The molecule has 1 aromatic carbocycles. The fourth-order valence-corrected chi connectivity index (χ4v) is 2.87. The molecule has 1 unspecified atom stereocenters. The Morgan fingerprint density at radius 2 is 2.05 bits per heavy atom. The van der Waals surface area contributed by atoms with E-state index >= 15 is 0 Å². The van der Waals surface area contributed by atoms with E-state index in [2.05, 4.69) is 58.3 Å². The number of rotatable bonds is 5. The van der Waals surface area contributed by atoms with Gasteiger partial charge in [0.05, 0.1) is 6.54 Å². The minimum Gasteiger partial charge on any atom is -0.464 e. The van der Waals surface area contributed by atoms with Crippen molar-refractivity contribution in [2.45, 2.75) is 26.4 Å². The quantitative estimate of drug-likeness (QED) is 0.883. The predicted molar refractivity (Wildman–Crippen MR) is 87.2 cm³/mol. The van der Waals surface area contributed by atoms with Gasteiger partial charge in [-0.3, -0.25) is 0 Å². The average molecular weight is 337 g/mol. The minimum atomic E-state index is 0.330. The van der Waals surface area contributed by atoms with E-state index in [0.29, 0.717) is 6.04 Å². The van der Waals surface area contributed by atoms with Crippen LogP contribution < -0.4 is 10.2 Å². The number of hydrogen-bond donors (Lipinski definition) is 1. The van der Waals surface area contributed by atoms with Gasteiger partial charge < -0.3 is 14.6 Å². The lowest BCUT2D eigenvalue weighted by molar-refractivity contribution is 0.482. The van der Waals surface area contributed by atoms with Gasteiger partial charge >= 0.3 is 0 Å². The lowest BCUT2D eigenvalue weighted by Crippen LogP contribution is -2.17. The Kier molecular flexibility index (Phi) is 4.89. The van der Waals surface area contributed by atoms with E-state index in [-0.39, 0.29) is 0 Å². The standard InChI is InChI=1S/C16H21BrN2O/c1-11-5-7-14(20-11)10-19(4)13-6-8-15(12(2)18-3)16(17)9-13/h5-9,12,18H,10H2,1-4H3. The third-order valence-corrected chi connectivity index (χ3v) is 4.20. The predicted octanol–water partition coefficient (Wildman–Crippen LogP) is 4.27. The Hall–Kier alpha value is -1.26. The number of furan rings is 1. The highest BCUT2D eigenvalue weighted by molar-refractivity contribution is 9.10. The Balaban J connectivity index is 2.14. The Bertz CT molecular complexity index is 580. The highest BCUT2D eigenvalue weighted by atomic mass is 79.9. The summed E-state index contributed by atoms with van der Waals surface area (Å²) in [7, 11) is 4.04. The van der Waals surface area contributed by atoms with Gasteiger partial charge in [0, 0.05) is 23.2 Å². The van der Waals surface area contributed by atoms with Crippen molar-refractivity contribution >= 4 is 21.6 Å². The van der Waals surface area contributed by atoms with Crippen molar-refractivity contribution < 1.29 is 4.42 Å². The molecule has 1 atom stereocenters. The summed E-state index contributed by atoms with van der Waals surface area (Å²) >= 11 is 3.66. The second-order valence-corrected chi connectivity index (χ2v) is 5.94. The fraction of sp³-hybridized carbons (Fsp3) is 0.375. The van der Waals surface area contributed by atoms with Crippen LogP contribution in [0.5, 0.6) is 0 Å². The van der Waals surface area contributed by atoms with Crippen molar-refractivity contribution in [3.8, 4) is 0 Å². The monoisotopic (exact) mass is 336 g/mol. The van der Waals surface area contributed by atoms with Gasteiger partial charge in [-0.2, -0.15) is 0 Å². The molecule has 0 aliphatic rings. The van der Waals surface area contributed by atoms with Crippen LogP contribution in [0, 0.1) is 6.92 Å². The Labute approximate surface area is 129 Å². The molecule has 0 aliphatic heterocycles. The van der Waals surface area contributed by atoms with Gasteiger partial charge in [0.2, 0.25) is 0 Å². The normalized spacial score (nSPS) is 12.4. The summed E-state index contributed by atoms with van der Waals surface area (Å²) in [5, 5.41) is 3.25. The number of nitrogens with zero attached hydrogens (tertiary/aromatic N) is 1. The lowest BCUT2D eigenvalue weighted by Gasteiger charge is -2.20. The molecule has 0 amide bonds. The lowest BCUT2D eigenvalue weighted by atomic mass is 10.1. The molecule has 4 heteroatoms. The SMILES string of the molecule is CNC(C)c1ccc(N(C)Cc2ccc(C)o2)cc1Br. The molecule has 0 spiro atoms. The first-order valence-electron chi connectivity index (χ1n) is 6.74. The van der Waals surface area contributed by atoms with Crippen molar-refractivity contribution in [1.82, 2.24) is 5.32 Å². The summed E-state index contributed by atoms with van der Waals surface area (Å²) in [6, 6.07) is 10.8. The molecule has 108 valence electrons. The van der Waals surface area contributed by atoms with Gasteiger partial charge in [0.25, 0.3) is 0 Å². The molecule has 0 aliphatic carbocycles. The van der Waals surface area contributed by atoms with Crippen LogP contribution in [0.4, 0.5) is 5.69 Å². The number of halogens is 1. The van der Waals surface area contributed by atoms with Crippen LogP contribution in [-0.2, 0) is 6.54 Å². The van der Waals surface area contributed by atoms with Gasteiger partial charge in [-0.25, -0.2) is 0 Å². The van der Waals surface area contributed by atoms with Crippen LogP contribution in [-0.4, -0.2) is 14.1 Å². The summed E-state index contributed by atoms with van der Waals surface area (Å²) in [4.78, 5) is 2.18. The molecule has 2 aromatic rings. The maximum Gasteiger partial charge on any atom is 0.123 e. The first-order valence-corrected chi connectivity index (χ1v) is 7.53. The summed E-state index contributed by atoms with van der Waals surface area (Å²) in [5.74, 6) is 1.93. The van der Waals surface area contributed by atoms with E-state index < -0.39 is 0 Å². The molecule has 0 radical (unpaired) electrons. The van der Waals surface area contributed by atoms with Crippen LogP contribution in [0.1, 0.15) is 30.0 Å². The van der Waals surface area contributed by atoms with E-state index in [0.717, 1.165) is 28.2 Å². The zero-order valence-corrected chi connectivity index (χ0v) is 14.0. The summed E-state index contributed by atoms with van der Waals surface area (Å²) in [5.41, 5.74) is 2.43. The molecular weight excluding hydrogens is 316 g/mol. The molecular formula is C16H21BrN2O. The van der Waals surface area contributed by atoms with E-state index in [9.17, 15) is 0 Å². The molecule has 0 saturated carbocycles. The van der Waals surface area contributed by atoms with Crippen molar-refractivity contribution in [3.05, 3.63) is 51.9 Å². The first-order chi connectivity index (χ1) is 9.51. The maximum atomic E-state index is 5.62. The molecule has 2 rings (SSSR count). The van der Waals surface area contributed by atoms with Gasteiger partial charge in [0.1, 0.15) is 11.5 Å². The van der Waals surface area contributed by atoms with Crippen LogP contribution in [0.25, 0.3) is 0 Å². The molecule has 1 aromatic heterocycles. The number of nitrogens with one attached hydrogen (secondary N) is 1. The van der Waals surface area contributed by atoms with Crippen molar-refractivity contribution in [2.24, 2.45) is 0 Å². The Morgan fingerprint density at radius 3 is 2.60 bits per heavy atom. The van der Waals surface area contributed by atoms with Crippen molar-refractivity contribution in [2.75, 3.05) is 19.0 Å². The number of aryl methyl sites for hydroxylation is 1. The zero-order chi connectivity index (χ0) is 14.7. The topological polar surface area (TPSA) is 28.4 Å². The minimum absolute atomic E-state index is 0.330. The van der Waals surface area contributed by atoms with E-state index in [1.54, 1.807) is 0 Å². The smallest absolute Gasteiger partial charge is 0.123 e. The van der Waals surface area contributed by atoms with Crippen molar-refractivity contribution in [3.63, 3.8) is 0 Å². The molecule has 0 saturated heterocycles. The second-order valence-electron chi connectivity index (χ2n) is 5.08. The highest BCUT2D eigenvalue weighted by Gasteiger charge is 2.10. The largest absolute Gasteiger partial charge is 0.464 e. The molecule has 1 heterocycles. The van der Waals surface area contributed by atoms with Crippen LogP contribution in [0.2, 0.25) is 0 Å². The highest BCUT2D eigenvalue weighted by Crippen LogP contribution is 2.28. The Morgan fingerprint density at radius 1 is 1.30 bits per heavy atom. The second kappa shape index (κ2) is 6.46. The van der Waals surface area contributed by atoms with E-state index in [1.807, 2.05) is 26.1 Å². The van der Waals surface area contributed by atoms with Gasteiger partial charge in [0.15, 0.2) is 0 Å². The molecule has 1 N–H and O–H groups in total. The summed E-state index contributed by atoms with van der Waals surface area (Å²) in [6.07, 6.45) is 0. The number of anilines is 1. The molecule has 0 bridgehead atoms. The molecule has 0 fully saturated rings. The van der Waals surface area contributed by atoms with Gasteiger partial charge in [-0.05, 0) is 50.7 Å². The third-order valence-electron chi connectivity index (χ3n) is 3.51. The summed E-state index contributed by atoms with van der Waals surface area (Å²) in [6.45, 7) is 4.88. The average Bonchev–Trinajstić information content (AvgIpc) is 2.83. The number of benzene rings is 1. The maximum absolute atomic E-state index is 5.62. The van der Waals surface area contributed by atoms with Gasteiger partial charge in [-0.1, -0.05) is 22.0 Å². The van der Waals surface area contributed by atoms with Crippen LogP contribution in [0.15, 0.2) is 39.2 Å². The molecule has 3 nitrogen and oxygen atoms in total. The third kappa shape index (κ3) is 3.44. The van der Waals surface area contributed by atoms with Crippen LogP contribution in [0.3, 0.4) is 0 Å². The zero-order valence-electron chi connectivity index (χ0n) is 12.4. The van der Waals surface area contributed by atoms with E-state index in [4.69, 9.17) is 4.42 Å². The van der Waals surface area contributed by atoms with Gasteiger partial charge in [-0.15, -0.1) is 0 Å². The number of hydrogen-bond acceptors (Lipinski definition) is 3. The van der Waals surface area contributed by atoms with E-state index in [1.165, 1.54) is 5.56 Å².